The van der Waals surface area contributed by atoms with Gasteiger partial charge in [0.1, 0.15) is 5.78 Å². The van der Waals surface area contributed by atoms with E-state index in [0.717, 1.165) is 30.5 Å². The van der Waals surface area contributed by atoms with Crippen LogP contribution in [0.25, 0.3) is 0 Å². The second-order valence-electron chi connectivity index (χ2n) is 6.16. The first-order chi connectivity index (χ1) is 11.6. The van der Waals surface area contributed by atoms with Gasteiger partial charge in [0.15, 0.2) is 0 Å². The Morgan fingerprint density at radius 2 is 1.75 bits per heavy atom. The molecule has 2 aromatic rings. The van der Waals surface area contributed by atoms with E-state index in [0.29, 0.717) is 6.42 Å². The lowest BCUT2D eigenvalue weighted by molar-refractivity contribution is -0.384. The first-order valence-corrected chi connectivity index (χ1v) is 8.24. The van der Waals surface area contributed by atoms with Crippen LogP contribution < -0.4 is 5.32 Å². The van der Waals surface area contributed by atoms with Crippen LogP contribution in [0, 0.1) is 16.0 Å². The number of nitro benzene ring substituents is 1. The van der Waals surface area contributed by atoms with Gasteiger partial charge in [-0.05, 0) is 30.5 Å². The fourth-order valence-electron chi connectivity index (χ4n) is 3.30. The van der Waals surface area contributed by atoms with Gasteiger partial charge >= 0.3 is 0 Å². The van der Waals surface area contributed by atoms with E-state index in [2.05, 4.69) is 5.32 Å². The molecule has 0 spiro atoms. The molecule has 5 nitrogen and oxygen atoms in total. The average Bonchev–Trinajstić information content (AvgIpc) is 2.61. The van der Waals surface area contributed by atoms with Crippen LogP contribution in [0.1, 0.15) is 37.3 Å². The summed E-state index contributed by atoms with van der Waals surface area (Å²) >= 11 is 0. The topological polar surface area (TPSA) is 72.2 Å². The average molecular weight is 324 g/mol. The number of nitrogens with zero attached hydrogens (tertiary/aromatic N) is 1. The van der Waals surface area contributed by atoms with Crippen LogP contribution in [0.2, 0.25) is 0 Å². The first-order valence-electron chi connectivity index (χ1n) is 8.24. The zero-order valence-electron chi connectivity index (χ0n) is 13.4. The number of para-hydroxylation sites is 1. The molecule has 2 aromatic carbocycles. The number of Topliss-reactive ketones (excluding diaryl/α,β-unsaturated/α-hetero) is 1. The number of nitrogens with one attached hydrogen (secondary N) is 1. The summed E-state index contributed by atoms with van der Waals surface area (Å²) in [6.07, 6.45) is 3.45. The van der Waals surface area contributed by atoms with Gasteiger partial charge in [-0.3, -0.25) is 14.9 Å². The van der Waals surface area contributed by atoms with Gasteiger partial charge in [0.25, 0.3) is 5.69 Å². The third-order valence-electron chi connectivity index (χ3n) is 4.56. The zero-order valence-corrected chi connectivity index (χ0v) is 13.4. The van der Waals surface area contributed by atoms with E-state index in [4.69, 9.17) is 0 Å². The monoisotopic (exact) mass is 324 g/mol. The van der Waals surface area contributed by atoms with Gasteiger partial charge in [-0.15, -0.1) is 0 Å². The number of hydrogen-bond acceptors (Lipinski definition) is 4. The number of rotatable bonds is 5. The van der Waals surface area contributed by atoms with Gasteiger partial charge < -0.3 is 5.32 Å². The van der Waals surface area contributed by atoms with E-state index in [9.17, 15) is 14.9 Å². The second-order valence-corrected chi connectivity index (χ2v) is 6.16. The molecule has 1 aliphatic carbocycles. The molecule has 5 heteroatoms. The highest BCUT2D eigenvalue weighted by atomic mass is 16.6. The molecule has 1 aliphatic rings. The molecule has 0 aliphatic heterocycles. The molecule has 0 amide bonds. The predicted octanol–water partition coefficient (Wildman–Crippen LogP) is 4.51. The minimum absolute atomic E-state index is 0.0622. The second kappa shape index (κ2) is 7.25. The summed E-state index contributed by atoms with van der Waals surface area (Å²) in [4.78, 5) is 22.9. The molecule has 0 heterocycles. The number of anilines is 1. The van der Waals surface area contributed by atoms with Crippen LogP contribution in [0.5, 0.6) is 0 Å². The quantitative estimate of drug-likeness (QED) is 0.649. The summed E-state index contributed by atoms with van der Waals surface area (Å²) < 4.78 is 0. The fourth-order valence-corrected chi connectivity index (χ4v) is 3.30. The summed E-state index contributed by atoms with van der Waals surface area (Å²) in [5.74, 6) is 0.174. The maximum atomic E-state index is 12.4. The van der Waals surface area contributed by atoms with Gasteiger partial charge in [0.2, 0.25) is 0 Å². The van der Waals surface area contributed by atoms with Crippen LogP contribution >= 0.6 is 0 Å². The zero-order chi connectivity index (χ0) is 16.9. The van der Waals surface area contributed by atoms with E-state index in [1.807, 2.05) is 30.3 Å². The molecule has 2 atom stereocenters. The van der Waals surface area contributed by atoms with Crippen LogP contribution in [-0.2, 0) is 4.79 Å². The van der Waals surface area contributed by atoms with E-state index >= 15 is 0 Å². The summed E-state index contributed by atoms with van der Waals surface area (Å²) in [5, 5.41) is 14.3. The number of nitro groups is 1. The summed E-state index contributed by atoms with van der Waals surface area (Å²) in [5.41, 5.74) is 1.91. The molecule has 0 radical (unpaired) electrons. The van der Waals surface area contributed by atoms with Gasteiger partial charge in [-0.2, -0.15) is 0 Å². The minimum Gasteiger partial charge on any atom is -0.378 e. The van der Waals surface area contributed by atoms with Crippen molar-refractivity contribution in [3.05, 3.63) is 70.3 Å². The smallest absolute Gasteiger partial charge is 0.269 e. The van der Waals surface area contributed by atoms with Crippen molar-refractivity contribution in [2.75, 3.05) is 5.32 Å². The number of carbonyl (C=O) groups is 1. The molecule has 0 unspecified atom stereocenters. The summed E-state index contributed by atoms with van der Waals surface area (Å²) in [6.45, 7) is 0. The van der Waals surface area contributed by atoms with Crippen LogP contribution in [0.15, 0.2) is 54.6 Å². The van der Waals surface area contributed by atoms with Crippen molar-refractivity contribution in [2.45, 2.75) is 31.7 Å². The highest BCUT2D eigenvalue weighted by Gasteiger charge is 2.31. The van der Waals surface area contributed by atoms with Crippen molar-refractivity contribution in [1.29, 1.82) is 0 Å². The third-order valence-corrected chi connectivity index (χ3v) is 4.56. The predicted molar refractivity (Wildman–Crippen MR) is 92.9 cm³/mol. The molecule has 0 aromatic heterocycles. The Balaban J connectivity index is 1.91. The Bertz CT molecular complexity index is 713. The fraction of sp³-hybridized carbons (Fsp3) is 0.316. The minimum atomic E-state index is -0.408. The number of non-ortho nitro benzene ring substituents is 1. The van der Waals surface area contributed by atoms with E-state index < -0.39 is 4.92 Å². The number of hydrogen-bond donors (Lipinski definition) is 1. The van der Waals surface area contributed by atoms with Crippen molar-refractivity contribution in [3.8, 4) is 0 Å². The lowest BCUT2D eigenvalue weighted by Crippen LogP contribution is -2.30. The number of ketones is 1. The Kier molecular flexibility index (Phi) is 4.89. The maximum absolute atomic E-state index is 12.4. The SMILES string of the molecule is O=C1CCCC[C@H]1[C@H](Nc1ccccc1)c1ccc([N+](=O)[O-])cc1. The van der Waals surface area contributed by atoms with Crippen molar-refractivity contribution in [1.82, 2.24) is 0 Å². The van der Waals surface area contributed by atoms with Crippen LogP contribution in [-0.4, -0.2) is 10.7 Å². The van der Waals surface area contributed by atoms with Crippen LogP contribution in [0.3, 0.4) is 0 Å². The highest BCUT2D eigenvalue weighted by Crippen LogP contribution is 2.35. The third kappa shape index (κ3) is 3.62. The Morgan fingerprint density at radius 1 is 1.04 bits per heavy atom. The molecular formula is C19H20N2O3. The lowest BCUT2D eigenvalue weighted by Gasteiger charge is -2.31. The van der Waals surface area contributed by atoms with Crippen molar-refractivity contribution >= 4 is 17.2 Å². The van der Waals surface area contributed by atoms with Crippen LogP contribution in [0.4, 0.5) is 11.4 Å². The van der Waals surface area contributed by atoms with Crippen molar-refractivity contribution in [3.63, 3.8) is 0 Å². The standard InChI is InChI=1S/C19H20N2O3/c22-18-9-5-4-8-17(18)19(20-15-6-2-1-3-7-15)14-10-12-16(13-11-14)21(23)24/h1-3,6-7,10-13,17,19-20H,4-5,8-9H2/t17-,19-/m1/s1. The van der Waals surface area contributed by atoms with Gasteiger partial charge in [-0.1, -0.05) is 36.8 Å². The molecular weight excluding hydrogens is 304 g/mol. The van der Waals surface area contributed by atoms with Gasteiger partial charge in [0, 0.05) is 30.2 Å². The Hall–Kier alpha value is -2.69. The van der Waals surface area contributed by atoms with E-state index in [-0.39, 0.29) is 23.4 Å². The summed E-state index contributed by atoms with van der Waals surface area (Å²) in [6, 6.07) is 16.1. The Morgan fingerprint density at radius 3 is 2.38 bits per heavy atom. The molecule has 24 heavy (non-hydrogen) atoms. The number of carbonyl (C=O) groups excluding carboxylic acids is 1. The Labute approximate surface area is 140 Å². The summed E-state index contributed by atoms with van der Waals surface area (Å²) in [7, 11) is 0. The van der Waals surface area contributed by atoms with E-state index in [1.54, 1.807) is 12.1 Å². The molecule has 3 rings (SSSR count). The van der Waals surface area contributed by atoms with Gasteiger partial charge in [0.05, 0.1) is 11.0 Å². The molecule has 0 saturated heterocycles. The van der Waals surface area contributed by atoms with Crippen molar-refractivity contribution < 1.29 is 9.72 Å². The normalized spacial score (nSPS) is 18.8. The van der Waals surface area contributed by atoms with Crippen molar-refractivity contribution in [2.24, 2.45) is 5.92 Å². The maximum Gasteiger partial charge on any atom is 0.269 e. The van der Waals surface area contributed by atoms with E-state index in [1.165, 1.54) is 12.1 Å². The molecule has 1 fully saturated rings. The molecule has 1 N–H and O–H groups in total. The van der Waals surface area contributed by atoms with Gasteiger partial charge in [-0.25, -0.2) is 0 Å². The largest absolute Gasteiger partial charge is 0.378 e. The first kappa shape index (κ1) is 16.2. The number of benzene rings is 2. The highest BCUT2D eigenvalue weighted by molar-refractivity contribution is 5.83. The lowest BCUT2D eigenvalue weighted by atomic mass is 9.80. The molecule has 1 saturated carbocycles. The molecule has 124 valence electrons. The molecule has 0 bridgehead atoms.